The molecule has 0 radical (unpaired) electrons. The molecular formula is C23H24ClN5O6. The maximum absolute atomic E-state index is 12.6. The topological polar surface area (TPSA) is 159 Å². The minimum absolute atomic E-state index is 0. The number of benzene rings is 2. The van der Waals surface area contributed by atoms with E-state index in [9.17, 15) is 19.7 Å². The molecular weight excluding hydrogens is 478 g/mol. The van der Waals surface area contributed by atoms with Crippen molar-refractivity contribution in [3.8, 4) is 11.5 Å². The molecule has 0 fully saturated rings. The third-order valence-electron chi connectivity index (χ3n) is 5.66. The molecule has 0 saturated heterocycles. The molecule has 0 bridgehead atoms. The summed E-state index contributed by atoms with van der Waals surface area (Å²) in [7, 11) is 1.50. The van der Waals surface area contributed by atoms with Gasteiger partial charge in [0.25, 0.3) is 16.8 Å². The highest BCUT2D eigenvalue weighted by Gasteiger charge is 2.28. The summed E-state index contributed by atoms with van der Waals surface area (Å²) in [6.45, 7) is 3.69. The molecule has 2 heterocycles. The molecule has 4 rings (SSSR count). The monoisotopic (exact) mass is 501 g/mol. The van der Waals surface area contributed by atoms with Crippen LogP contribution in [0.25, 0.3) is 0 Å². The highest BCUT2D eigenvalue weighted by molar-refractivity contribution is 5.85. The van der Waals surface area contributed by atoms with E-state index in [-0.39, 0.29) is 35.8 Å². The number of H-pyrrole nitrogens is 4. The van der Waals surface area contributed by atoms with Crippen molar-refractivity contribution >= 4 is 18.1 Å². The molecule has 0 unspecified atom stereocenters. The Morgan fingerprint density at radius 3 is 1.91 bits per heavy atom. The van der Waals surface area contributed by atoms with Crippen molar-refractivity contribution in [1.29, 1.82) is 0 Å². The van der Waals surface area contributed by atoms with Gasteiger partial charge >= 0.3 is 0 Å². The van der Waals surface area contributed by atoms with Gasteiger partial charge < -0.3 is 19.7 Å². The predicted molar refractivity (Wildman–Crippen MR) is 131 cm³/mol. The van der Waals surface area contributed by atoms with Crippen molar-refractivity contribution in [3.05, 3.63) is 107 Å². The van der Waals surface area contributed by atoms with Crippen LogP contribution < -0.4 is 20.6 Å². The quantitative estimate of drug-likeness (QED) is 0.214. The largest absolute Gasteiger partial charge is 0.493 e. The average molecular weight is 502 g/mol. The summed E-state index contributed by atoms with van der Waals surface area (Å²) in [5.74, 6) is 0.212. The highest BCUT2D eigenvalue weighted by Crippen LogP contribution is 2.37. The number of nitro groups is 1. The second-order valence-electron chi connectivity index (χ2n) is 7.79. The number of aryl methyl sites for hydroxylation is 2. The number of rotatable bonds is 8. The summed E-state index contributed by atoms with van der Waals surface area (Å²) in [5.41, 5.74) is 2.87. The lowest BCUT2D eigenvalue weighted by Crippen LogP contribution is -2.20. The molecule has 0 spiro atoms. The smallest absolute Gasteiger partial charge is 0.269 e. The lowest BCUT2D eigenvalue weighted by Gasteiger charge is -2.18. The predicted octanol–water partition coefficient (Wildman–Crippen LogP) is 3.43. The van der Waals surface area contributed by atoms with Gasteiger partial charge in [-0.25, -0.2) is 0 Å². The van der Waals surface area contributed by atoms with E-state index >= 15 is 0 Å². The number of ether oxygens (including phenoxy) is 2. The summed E-state index contributed by atoms with van der Waals surface area (Å²) in [4.78, 5) is 35.6. The summed E-state index contributed by atoms with van der Waals surface area (Å²) in [6, 6.07) is 11.3. The molecule has 4 aromatic rings. The van der Waals surface area contributed by atoms with Crippen molar-refractivity contribution in [1.82, 2.24) is 20.4 Å². The molecule has 12 heteroatoms. The van der Waals surface area contributed by atoms with Crippen LogP contribution in [0.3, 0.4) is 0 Å². The van der Waals surface area contributed by atoms with Crippen LogP contribution in [-0.2, 0) is 6.61 Å². The van der Waals surface area contributed by atoms with E-state index in [2.05, 4.69) is 20.4 Å². The number of nitrogens with zero attached hydrogens (tertiary/aromatic N) is 1. The number of aromatic nitrogens is 4. The van der Waals surface area contributed by atoms with Crippen LogP contribution >= 0.6 is 12.4 Å². The van der Waals surface area contributed by atoms with E-state index in [0.717, 1.165) is 5.56 Å². The van der Waals surface area contributed by atoms with E-state index in [1.54, 1.807) is 44.2 Å². The van der Waals surface area contributed by atoms with Gasteiger partial charge in [0.15, 0.2) is 11.5 Å². The number of hydrogen-bond acceptors (Lipinski definition) is 6. The van der Waals surface area contributed by atoms with E-state index in [1.165, 1.54) is 19.2 Å². The summed E-state index contributed by atoms with van der Waals surface area (Å²) in [6.07, 6.45) is 0. The molecule has 11 nitrogen and oxygen atoms in total. The second-order valence-corrected chi connectivity index (χ2v) is 7.79. The first kappa shape index (κ1) is 25.4. The molecule has 0 aliphatic heterocycles. The number of halogens is 1. The number of methoxy groups -OCH3 is 1. The number of non-ortho nitro benzene ring substituents is 1. The third-order valence-corrected chi connectivity index (χ3v) is 5.66. The van der Waals surface area contributed by atoms with Gasteiger partial charge in [0.2, 0.25) is 0 Å². The fraction of sp³-hybridized carbons (Fsp3) is 0.217. The fourth-order valence-corrected chi connectivity index (χ4v) is 3.94. The van der Waals surface area contributed by atoms with Crippen LogP contribution in [0.15, 0.2) is 52.1 Å². The Kier molecular flexibility index (Phi) is 7.50. The molecule has 35 heavy (non-hydrogen) atoms. The fourth-order valence-electron chi connectivity index (χ4n) is 3.94. The molecule has 184 valence electrons. The lowest BCUT2D eigenvalue weighted by molar-refractivity contribution is -0.384. The zero-order chi connectivity index (χ0) is 24.4. The third kappa shape index (κ3) is 4.99. The minimum Gasteiger partial charge on any atom is -0.493 e. The maximum atomic E-state index is 12.6. The van der Waals surface area contributed by atoms with Gasteiger partial charge in [-0.1, -0.05) is 6.07 Å². The van der Waals surface area contributed by atoms with Crippen LogP contribution in [0, 0.1) is 24.0 Å². The Labute approximate surface area is 205 Å². The Morgan fingerprint density at radius 1 is 0.886 bits per heavy atom. The highest BCUT2D eigenvalue weighted by atomic mass is 35.5. The zero-order valence-corrected chi connectivity index (χ0v) is 19.9. The Bertz CT molecular complexity index is 1400. The van der Waals surface area contributed by atoms with E-state index in [1.807, 2.05) is 0 Å². The molecule has 0 aliphatic carbocycles. The molecule has 2 aromatic carbocycles. The normalized spacial score (nSPS) is 10.7. The van der Waals surface area contributed by atoms with Gasteiger partial charge in [-0.05, 0) is 49.2 Å². The van der Waals surface area contributed by atoms with Gasteiger partial charge in [-0.15, -0.1) is 12.4 Å². The first-order valence-electron chi connectivity index (χ1n) is 10.4. The van der Waals surface area contributed by atoms with E-state index in [0.29, 0.717) is 39.6 Å². The SMILES string of the molecule is COc1cc(C(c2c(C)[nH][nH]c2=O)c2c(C)[nH][nH]c2=O)ccc1OCc1ccc([N+](=O)[O-])cc1.Cl. The van der Waals surface area contributed by atoms with Crippen LogP contribution in [0.4, 0.5) is 5.69 Å². The van der Waals surface area contributed by atoms with Crippen molar-refractivity contribution in [2.45, 2.75) is 26.4 Å². The Balaban J connectivity index is 0.00000342. The molecule has 4 N–H and O–H groups in total. The van der Waals surface area contributed by atoms with Crippen molar-refractivity contribution in [2.75, 3.05) is 7.11 Å². The van der Waals surface area contributed by atoms with Gasteiger partial charge in [-0.3, -0.25) is 29.9 Å². The summed E-state index contributed by atoms with van der Waals surface area (Å²) >= 11 is 0. The van der Waals surface area contributed by atoms with Gasteiger partial charge in [0, 0.05) is 29.4 Å². The molecule has 0 aliphatic rings. The standard InChI is InChI=1S/C23H23N5O6.ClH/c1-12-19(22(29)26-24-12)21(20-13(2)25-27-23(20)30)15-6-9-17(18(10-15)33-3)34-11-14-4-7-16(8-5-14)28(31)32;/h4-10,21H,11H2,1-3H3,(H2,24,26,29)(H2,25,27,30);1H. The number of nitrogens with one attached hydrogen (secondary N) is 4. The van der Waals surface area contributed by atoms with Crippen LogP contribution in [0.1, 0.15) is 39.6 Å². The molecule has 0 amide bonds. The van der Waals surface area contributed by atoms with Crippen molar-refractivity contribution in [3.63, 3.8) is 0 Å². The second kappa shape index (κ2) is 10.3. The summed E-state index contributed by atoms with van der Waals surface area (Å²) in [5, 5.41) is 21.6. The number of aromatic amines is 4. The van der Waals surface area contributed by atoms with Gasteiger partial charge in [0.05, 0.1) is 23.2 Å². The lowest BCUT2D eigenvalue weighted by atomic mass is 9.85. The molecule has 0 atom stereocenters. The van der Waals surface area contributed by atoms with Gasteiger partial charge in [0.1, 0.15) is 6.61 Å². The number of nitro benzene ring substituents is 1. The van der Waals surface area contributed by atoms with Crippen LogP contribution in [-0.4, -0.2) is 32.4 Å². The van der Waals surface area contributed by atoms with Crippen LogP contribution in [0.2, 0.25) is 0 Å². The molecule has 0 saturated carbocycles. The summed E-state index contributed by atoms with van der Waals surface area (Å²) < 4.78 is 11.4. The van der Waals surface area contributed by atoms with Gasteiger partial charge in [-0.2, -0.15) is 0 Å². The first-order chi connectivity index (χ1) is 16.3. The zero-order valence-electron chi connectivity index (χ0n) is 19.1. The number of hydrogen-bond donors (Lipinski definition) is 4. The maximum Gasteiger partial charge on any atom is 0.269 e. The van der Waals surface area contributed by atoms with E-state index < -0.39 is 10.8 Å². The Hall–Kier alpha value is -4.25. The van der Waals surface area contributed by atoms with Crippen molar-refractivity contribution < 1.29 is 14.4 Å². The first-order valence-corrected chi connectivity index (χ1v) is 10.4. The van der Waals surface area contributed by atoms with Crippen molar-refractivity contribution in [2.24, 2.45) is 0 Å². The average Bonchev–Trinajstić information content (AvgIpc) is 3.34. The van der Waals surface area contributed by atoms with E-state index in [4.69, 9.17) is 9.47 Å². The molecule has 2 aromatic heterocycles. The minimum atomic E-state index is -0.650. The Morgan fingerprint density at radius 2 is 1.46 bits per heavy atom. The van der Waals surface area contributed by atoms with Crippen LogP contribution in [0.5, 0.6) is 11.5 Å².